The second-order valence-electron chi connectivity index (χ2n) is 3.56. The summed E-state index contributed by atoms with van der Waals surface area (Å²) in [6.07, 6.45) is 3.79. The summed E-state index contributed by atoms with van der Waals surface area (Å²) in [6, 6.07) is 0. The molecule has 0 aliphatic carbocycles. The SMILES string of the molecule is Cc1nc(Cn2cc(CCCCl)nn2)cs1. The monoisotopic (exact) mass is 256 g/mol. The summed E-state index contributed by atoms with van der Waals surface area (Å²) in [5, 5.41) is 11.3. The van der Waals surface area contributed by atoms with Gasteiger partial charge in [0, 0.05) is 17.5 Å². The molecule has 0 atom stereocenters. The van der Waals surface area contributed by atoms with Gasteiger partial charge < -0.3 is 0 Å². The van der Waals surface area contributed by atoms with Crippen molar-refractivity contribution in [2.75, 3.05) is 5.88 Å². The number of halogens is 1. The van der Waals surface area contributed by atoms with Gasteiger partial charge in [0.2, 0.25) is 0 Å². The van der Waals surface area contributed by atoms with E-state index in [9.17, 15) is 0 Å². The molecule has 86 valence electrons. The van der Waals surface area contributed by atoms with Gasteiger partial charge in [0.25, 0.3) is 0 Å². The molecule has 6 heteroatoms. The van der Waals surface area contributed by atoms with Crippen LogP contribution >= 0.6 is 22.9 Å². The number of alkyl halides is 1. The highest BCUT2D eigenvalue weighted by molar-refractivity contribution is 7.09. The van der Waals surface area contributed by atoms with E-state index in [4.69, 9.17) is 11.6 Å². The molecule has 0 aliphatic heterocycles. The molecule has 0 fully saturated rings. The van der Waals surface area contributed by atoms with Crippen molar-refractivity contribution in [3.8, 4) is 0 Å². The molecule has 2 aromatic rings. The average molecular weight is 257 g/mol. The maximum Gasteiger partial charge on any atom is 0.0898 e. The summed E-state index contributed by atoms with van der Waals surface area (Å²) < 4.78 is 1.82. The minimum absolute atomic E-state index is 0.665. The first kappa shape index (κ1) is 11.5. The van der Waals surface area contributed by atoms with Gasteiger partial charge in [-0.1, -0.05) is 5.21 Å². The average Bonchev–Trinajstić information content (AvgIpc) is 2.86. The van der Waals surface area contributed by atoms with Gasteiger partial charge in [-0.25, -0.2) is 9.67 Å². The van der Waals surface area contributed by atoms with E-state index in [1.165, 1.54) is 0 Å². The Morgan fingerprint density at radius 1 is 1.44 bits per heavy atom. The topological polar surface area (TPSA) is 43.6 Å². The molecule has 2 heterocycles. The Morgan fingerprint density at radius 3 is 3.00 bits per heavy atom. The van der Waals surface area contributed by atoms with Crippen LogP contribution in [0.5, 0.6) is 0 Å². The van der Waals surface area contributed by atoms with Gasteiger partial charge in [0.15, 0.2) is 0 Å². The predicted molar refractivity (Wildman–Crippen MR) is 65.0 cm³/mol. The Hall–Kier alpha value is -0.940. The van der Waals surface area contributed by atoms with E-state index in [0.29, 0.717) is 12.4 Å². The van der Waals surface area contributed by atoms with Crippen molar-refractivity contribution in [2.45, 2.75) is 26.3 Å². The lowest BCUT2D eigenvalue weighted by Crippen LogP contribution is -2.00. The normalized spacial score (nSPS) is 10.9. The summed E-state index contributed by atoms with van der Waals surface area (Å²) in [6.45, 7) is 2.69. The van der Waals surface area contributed by atoms with Crippen molar-refractivity contribution in [1.82, 2.24) is 20.0 Å². The van der Waals surface area contributed by atoms with E-state index < -0.39 is 0 Å². The first-order valence-corrected chi connectivity index (χ1v) is 6.55. The highest BCUT2D eigenvalue weighted by Crippen LogP contribution is 2.09. The first-order chi connectivity index (χ1) is 7.78. The van der Waals surface area contributed by atoms with Crippen LogP contribution in [0.15, 0.2) is 11.6 Å². The molecule has 0 saturated carbocycles. The Balaban J connectivity index is 1.97. The van der Waals surface area contributed by atoms with Gasteiger partial charge >= 0.3 is 0 Å². The van der Waals surface area contributed by atoms with Crippen LogP contribution in [0.4, 0.5) is 0 Å². The number of thiazole rings is 1. The van der Waals surface area contributed by atoms with Crippen molar-refractivity contribution in [3.63, 3.8) is 0 Å². The zero-order chi connectivity index (χ0) is 11.4. The quantitative estimate of drug-likeness (QED) is 0.771. The van der Waals surface area contributed by atoms with Crippen molar-refractivity contribution in [3.05, 3.63) is 28.0 Å². The molecule has 0 aliphatic rings. The Bertz CT molecular complexity index is 451. The Morgan fingerprint density at radius 2 is 2.31 bits per heavy atom. The molecule has 0 bridgehead atoms. The molecule has 16 heavy (non-hydrogen) atoms. The van der Waals surface area contributed by atoms with Crippen LogP contribution < -0.4 is 0 Å². The van der Waals surface area contributed by atoms with E-state index in [1.54, 1.807) is 11.3 Å². The van der Waals surface area contributed by atoms with Gasteiger partial charge in [0.05, 0.1) is 22.9 Å². The molecule has 0 amide bonds. The fraction of sp³-hybridized carbons (Fsp3) is 0.500. The fourth-order valence-corrected chi connectivity index (χ4v) is 2.16. The summed E-state index contributed by atoms with van der Waals surface area (Å²) in [4.78, 5) is 4.39. The Kier molecular flexibility index (Phi) is 3.90. The number of rotatable bonds is 5. The van der Waals surface area contributed by atoms with Crippen LogP contribution in [-0.2, 0) is 13.0 Å². The van der Waals surface area contributed by atoms with Crippen molar-refractivity contribution in [2.24, 2.45) is 0 Å². The van der Waals surface area contributed by atoms with E-state index in [0.717, 1.165) is 29.2 Å². The van der Waals surface area contributed by atoms with Crippen LogP contribution in [0.1, 0.15) is 22.8 Å². The molecule has 2 aromatic heterocycles. The minimum Gasteiger partial charge on any atom is -0.246 e. The highest BCUT2D eigenvalue weighted by atomic mass is 35.5. The summed E-state index contributed by atoms with van der Waals surface area (Å²) >= 11 is 7.28. The molecule has 2 rings (SSSR count). The molecule has 0 aromatic carbocycles. The van der Waals surface area contributed by atoms with Crippen LogP contribution in [0.25, 0.3) is 0 Å². The van der Waals surface area contributed by atoms with Gasteiger partial charge in [0.1, 0.15) is 0 Å². The third-order valence-electron chi connectivity index (χ3n) is 2.14. The fourth-order valence-electron chi connectivity index (χ4n) is 1.43. The lowest BCUT2D eigenvalue weighted by atomic mass is 10.3. The second-order valence-corrected chi connectivity index (χ2v) is 5.00. The molecule has 0 saturated heterocycles. The van der Waals surface area contributed by atoms with Gasteiger partial charge in [-0.2, -0.15) is 0 Å². The van der Waals surface area contributed by atoms with Gasteiger partial charge in [-0.05, 0) is 19.8 Å². The van der Waals surface area contributed by atoms with Gasteiger partial charge in [-0.15, -0.1) is 28.0 Å². The highest BCUT2D eigenvalue weighted by Gasteiger charge is 2.03. The molecule has 0 N–H and O–H groups in total. The van der Waals surface area contributed by atoms with Crippen LogP contribution in [0, 0.1) is 6.92 Å². The zero-order valence-corrected chi connectivity index (χ0v) is 10.6. The van der Waals surface area contributed by atoms with E-state index >= 15 is 0 Å². The second kappa shape index (κ2) is 5.41. The smallest absolute Gasteiger partial charge is 0.0898 e. The van der Waals surface area contributed by atoms with Crippen molar-refractivity contribution in [1.29, 1.82) is 0 Å². The number of hydrogen-bond acceptors (Lipinski definition) is 4. The van der Waals surface area contributed by atoms with Crippen LogP contribution in [0.3, 0.4) is 0 Å². The number of hydrogen-bond donors (Lipinski definition) is 0. The number of nitrogens with zero attached hydrogens (tertiary/aromatic N) is 4. The van der Waals surface area contributed by atoms with Crippen molar-refractivity contribution >= 4 is 22.9 Å². The summed E-state index contributed by atoms with van der Waals surface area (Å²) in [5.74, 6) is 0.665. The van der Waals surface area contributed by atoms with Gasteiger partial charge in [-0.3, -0.25) is 0 Å². The first-order valence-electron chi connectivity index (χ1n) is 5.14. The lowest BCUT2D eigenvalue weighted by Gasteiger charge is -1.94. The maximum atomic E-state index is 5.63. The Labute approximate surface area is 103 Å². The van der Waals surface area contributed by atoms with E-state index in [-0.39, 0.29) is 0 Å². The molecular weight excluding hydrogens is 244 g/mol. The van der Waals surface area contributed by atoms with Crippen LogP contribution in [-0.4, -0.2) is 25.9 Å². The lowest BCUT2D eigenvalue weighted by molar-refractivity contribution is 0.640. The van der Waals surface area contributed by atoms with E-state index in [1.807, 2.05) is 17.8 Å². The van der Waals surface area contributed by atoms with E-state index in [2.05, 4.69) is 20.7 Å². The largest absolute Gasteiger partial charge is 0.246 e. The zero-order valence-electron chi connectivity index (χ0n) is 9.06. The predicted octanol–water partition coefficient (Wildman–Crippen LogP) is 2.26. The summed E-state index contributed by atoms with van der Waals surface area (Å²) in [5.41, 5.74) is 2.03. The molecule has 0 radical (unpaired) electrons. The third-order valence-corrected chi connectivity index (χ3v) is 3.23. The third kappa shape index (κ3) is 3.02. The van der Waals surface area contributed by atoms with Crippen LogP contribution in [0.2, 0.25) is 0 Å². The molecule has 4 nitrogen and oxygen atoms in total. The maximum absolute atomic E-state index is 5.63. The number of aryl methyl sites for hydroxylation is 2. The number of aromatic nitrogens is 4. The molecular formula is C10H13ClN4S. The summed E-state index contributed by atoms with van der Waals surface area (Å²) in [7, 11) is 0. The minimum atomic E-state index is 0.665. The molecule has 0 unspecified atom stereocenters. The molecule has 0 spiro atoms. The van der Waals surface area contributed by atoms with Crippen molar-refractivity contribution < 1.29 is 0 Å². The standard InChI is InChI=1S/C10H13ClN4S/c1-8-12-10(7-16-8)6-15-5-9(13-14-15)3-2-4-11/h5,7H,2-4,6H2,1H3.